The molecule has 1 atom stereocenters. The zero-order valence-corrected chi connectivity index (χ0v) is 21.9. The van der Waals surface area contributed by atoms with E-state index < -0.39 is 24.0 Å². The fraction of sp³-hybridized carbons (Fsp3) is 0.429. The summed E-state index contributed by atoms with van der Waals surface area (Å²) in [5, 5.41) is 17.2. The summed E-state index contributed by atoms with van der Waals surface area (Å²) in [5.74, 6) is 0.150. The standard InChI is InChI=1S/C28H29F3N8O/c1-39(27(40)19-8-6-18(7-9-19)26-35-37-38-36-26)25(28(29,30)31)17-10-12-20(13-11-17)34-22-15-33-21-3-2-14-32-24(21)23(22)16-4-5-16/h2-3,10-16,18-19,25,34H,4-9H2,1H3,(H,35,36,37,38)/t18?,19?,25-/m1/s1. The molecule has 208 valence electrons. The molecule has 0 radical (unpaired) electrons. The second kappa shape index (κ2) is 10.5. The van der Waals surface area contributed by atoms with Gasteiger partial charge in [-0.15, -0.1) is 5.10 Å². The van der Waals surface area contributed by atoms with E-state index in [2.05, 4.69) is 35.9 Å². The molecular weight excluding hydrogens is 521 g/mol. The topological polar surface area (TPSA) is 113 Å². The molecule has 3 aromatic heterocycles. The third-order valence-corrected chi connectivity index (χ3v) is 8.03. The van der Waals surface area contributed by atoms with Crippen molar-refractivity contribution in [1.29, 1.82) is 0 Å². The number of benzene rings is 1. The van der Waals surface area contributed by atoms with Gasteiger partial charge in [0, 0.05) is 36.3 Å². The first kappa shape index (κ1) is 26.1. The molecule has 2 aliphatic rings. The molecule has 40 heavy (non-hydrogen) atoms. The van der Waals surface area contributed by atoms with Gasteiger partial charge in [-0.2, -0.15) is 13.2 Å². The molecule has 0 saturated heterocycles. The van der Waals surface area contributed by atoms with Gasteiger partial charge in [-0.1, -0.05) is 12.1 Å². The number of hydrogen-bond donors (Lipinski definition) is 2. The maximum Gasteiger partial charge on any atom is 0.413 e. The molecule has 2 saturated carbocycles. The molecule has 4 aromatic rings. The van der Waals surface area contributed by atoms with E-state index >= 15 is 0 Å². The van der Waals surface area contributed by atoms with E-state index in [1.807, 2.05) is 12.1 Å². The van der Waals surface area contributed by atoms with Gasteiger partial charge in [-0.05, 0) is 84.7 Å². The summed E-state index contributed by atoms with van der Waals surface area (Å²) >= 11 is 0. The number of aromatic nitrogens is 6. The summed E-state index contributed by atoms with van der Waals surface area (Å²) in [4.78, 5) is 23.1. The number of anilines is 2. The Kier molecular flexibility index (Phi) is 6.85. The molecule has 1 amide bonds. The Labute approximate surface area is 228 Å². The molecule has 12 heteroatoms. The van der Waals surface area contributed by atoms with Crippen molar-refractivity contribution in [3.63, 3.8) is 0 Å². The van der Waals surface area contributed by atoms with Crippen molar-refractivity contribution in [1.82, 2.24) is 35.5 Å². The van der Waals surface area contributed by atoms with Gasteiger partial charge in [0.1, 0.15) is 0 Å². The average Bonchev–Trinajstić information content (AvgIpc) is 3.64. The Morgan fingerprint density at radius 2 is 1.75 bits per heavy atom. The van der Waals surface area contributed by atoms with Crippen LogP contribution in [0.5, 0.6) is 0 Å². The lowest BCUT2D eigenvalue weighted by atomic mass is 9.81. The second-order valence-corrected chi connectivity index (χ2v) is 10.7. The fourth-order valence-corrected chi connectivity index (χ4v) is 5.83. The van der Waals surface area contributed by atoms with E-state index in [1.165, 1.54) is 19.2 Å². The van der Waals surface area contributed by atoms with Crippen LogP contribution in [0.15, 0.2) is 48.8 Å². The molecule has 1 aromatic carbocycles. The van der Waals surface area contributed by atoms with Gasteiger partial charge in [-0.3, -0.25) is 14.8 Å². The van der Waals surface area contributed by atoms with Gasteiger partial charge in [0.2, 0.25) is 5.91 Å². The molecule has 2 aliphatic carbocycles. The van der Waals surface area contributed by atoms with Crippen LogP contribution in [0, 0.1) is 5.92 Å². The number of tetrazole rings is 1. The highest BCUT2D eigenvalue weighted by Gasteiger charge is 2.46. The Balaban J connectivity index is 1.18. The summed E-state index contributed by atoms with van der Waals surface area (Å²) < 4.78 is 43.0. The summed E-state index contributed by atoms with van der Waals surface area (Å²) in [6.07, 6.45) is 3.24. The lowest BCUT2D eigenvalue weighted by molar-refractivity contribution is -0.191. The van der Waals surface area contributed by atoms with E-state index in [1.54, 1.807) is 24.5 Å². The molecule has 0 spiro atoms. The summed E-state index contributed by atoms with van der Waals surface area (Å²) in [5.41, 5.74) is 4.19. The van der Waals surface area contributed by atoms with E-state index in [-0.39, 0.29) is 11.5 Å². The number of rotatable bonds is 7. The zero-order valence-electron chi connectivity index (χ0n) is 21.9. The number of fused-ring (bicyclic) bond motifs is 1. The number of carbonyl (C=O) groups is 1. The minimum atomic E-state index is -4.63. The monoisotopic (exact) mass is 550 g/mol. The van der Waals surface area contributed by atoms with Gasteiger partial charge >= 0.3 is 6.18 Å². The van der Waals surface area contributed by atoms with Crippen molar-refractivity contribution in [2.75, 3.05) is 12.4 Å². The summed E-state index contributed by atoms with van der Waals surface area (Å²) in [7, 11) is 1.24. The minimum absolute atomic E-state index is 0.0102. The predicted molar refractivity (Wildman–Crippen MR) is 142 cm³/mol. The number of halogens is 3. The molecule has 2 fully saturated rings. The highest BCUT2D eigenvalue weighted by Crippen LogP contribution is 2.46. The third kappa shape index (κ3) is 5.22. The number of pyridine rings is 2. The van der Waals surface area contributed by atoms with Gasteiger partial charge < -0.3 is 10.2 Å². The predicted octanol–water partition coefficient (Wildman–Crippen LogP) is 5.80. The second-order valence-electron chi connectivity index (χ2n) is 10.7. The van der Waals surface area contributed by atoms with Crippen molar-refractivity contribution in [2.45, 2.75) is 62.6 Å². The molecule has 0 unspecified atom stereocenters. The van der Waals surface area contributed by atoms with E-state index in [0.717, 1.165) is 40.0 Å². The number of H-pyrrole nitrogens is 1. The van der Waals surface area contributed by atoms with Crippen molar-refractivity contribution >= 4 is 28.3 Å². The van der Waals surface area contributed by atoms with Crippen LogP contribution in [-0.4, -0.2) is 54.6 Å². The smallest absolute Gasteiger partial charge is 0.354 e. The summed E-state index contributed by atoms with van der Waals surface area (Å²) in [6.45, 7) is 0. The third-order valence-electron chi connectivity index (χ3n) is 8.03. The summed E-state index contributed by atoms with van der Waals surface area (Å²) in [6, 6.07) is 7.81. The largest absolute Gasteiger partial charge is 0.413 e. The van der Waals surface area contributed by atoms with Gasteiger partial charge in [0.25, 0.3) is 0 Å². The lowest BCUT2D eigenvalue weighted by Crippen LogP contribution is -2.43. The number of amides is 1. The lowest BCUT2D eigenvalue weighted by Gasteiger charge is -2.35. The normalized spacial score (nSPS) is 20.3. The molecule has 2 N–H and O–H groups in total. The van der Waals surface area contributed by atoms with Crippen LogP contribution in [0.4, 0.5) is 24.5 Å². The fourth-order valence-electron chi connectivity index (χ4n) is 5.83. The molecule has 0 bridgehead atoms. The molecule has 0 aliphatic heterocycles. The Morgan fingerprint density at radius 1 is 1.02 bits per heavy atom. The van der Waals surface area contributed by atoms with Crippen molar-refractivity contribution < 1.29 is 18.0 Å². The Bertz CT molecular complexity index is 1480. The Morgan fingerprint density at radius 3 is 2.40 bits per heavy atom. The van der Waals surface area contributed by atoms with Crippen LogP contribution >= 0.6 is 0 Å². The average molecular weight is 551 g/mol. The zero-order chi connectivity index (χ0) is 27.9. The van der Waals surface area contributed by atoms with Crippen LogP contribution in [0.3, 0.4) is 0 Å². The molecule has 9 nitrogen and oxygen atoms in total. The van der Waals surface area contributed by atoms with Gasteiger partial charge in [0.05, 0.1) is 22.9 Å². The quantitative estimate of drug-likeness (QED) is 0.299. The number of nitrogens with zero attached hydrogens (tertiary/aromatic N) is 6. The maximum atomic E-state index is 14.3. The molecule has 6 rings (SSSR count). The number of hydrogen-bond acceptors (Lipinski definition) is 7. The minimum Gasteiger partial charge on any atom is -0.354 e. The van der Waals surface area contributed by atoms with Crippen LogP contribution in [-0.2, 0) is 4.79 Å². The first-order chi connectivity index (χ1) is 19.3. The SMILES string of the molecule is CN(C(=O)C1CCC(c2nnn[nH]2)CC1)[C@H](c1ccc(Nc2cnc3cccnc3c2C2CC2)cc1)C(F)(F)F. The van der Waals surface area contributed by atoms with Crippen LogP contribution < -0.4 is 5.32 Å². The van der Waals surface area contributed by atoms with Gasteiger partial charge in [0.15, 0.2) is 11.9 Å². The van der Waals surface area contributed by atoms with E-state index in [0.29, 0.717) is 43.1 Å². The van der Waals surface area contributed by atoms with Crippen molar-refractivity contribution in [3.8, 4) is 0 Å². The number of nitrogens with one attached hydrogen (secondary N) is 2. The van der Waals surface area contributed by atoms with E-state index in [4.69, 9.17) is 0 Å². The van der Waals surface area contributed by atoms with Crippen LogP contribution in [0.25, 0.3) is 11.0 Å². The molecular formula is C28H29F3N8O. The van der Waals surface area contributed by atoms with E-state index in [9.17, 15) is 18.0 Å². The van der Waals surface area contributed by atoms with Crippen LogP contribution in [0.2, 0.25) is 0 Å². The number of aromatic amines is 1. The number of alkyl halides is 3. The highest BCUT2D eigenvalue weighted by atomic mass is 19.4. The number of carbonyl (C=O) groups excluding carboxylic acids is 1. The Hall–Kier alpha value is -4.09. The first-order valence-corrected chi connectivity index (χ1v) is 13.5. The van der Waals surface area contributed by atoms with Crippen LogP contribution in [0.1, 0.15) is 73.4 Å². The first-order valence-electron chi connectivity index (χ1n) is 13.5. The van der Waals surface area contributed by atoms with Crippen molar-refractivity contribution in [3.05, 3.63) is 65.7 Å². The molecule has 3 heterocycles. The maximum absolute atomic E-state index is 14.3. The van der Waals surface area contributed by atoms with Gasteiger partial charge in [-0.25, -0.2) is 5.10 Å². The van der Waals surface area contributed by atoms with Crippen molar-refractivity contribution in [2.24, 2.45) is 5.92 Å². The highest BCUT2D eigenvalue weighted by molar-refractivity contribution is 5.85.